The van der Waals surface area contributed by atoms with E-state index in [1.165, 1.54) is 231 Å². The van der Waals surface area contributed by atoms with Gasteiger partial charge in [-0.2, -0.15) is 0 Å². The van der Waals surface area contributed by atoms with Gasteiger partial charge in [-0.15, -0.1) is 0 Å². The number of unbranched alkanes of at least 4 members (excludes halogenated alkanes) is 44. The maximum atomic E-state index is 12.8. The molecule has 0 spiro atoms. The van der Waals surface area contributed by atoms with Crippen LogP contribution in [0.3, 0.4) is 0 Å². The molecule has 0 N–H and O–H groups in total. The predicted octanol–water partition coefficient (Wildman–Crippen LogP) is 21.4. The van der Waals surface area contributed by atoms with Crippen molar-refractivity contribution in [3.05, 3.63) is 24.3 Å². The van der Waals surface area contributed by atoms with Crippen molar-refractivity contribution in [3.8, 4) is 0 Å². The first-order valence-electron chi connectivity index (χ1n) is 31.8. The fourth-order valence-electron chi connectivity index (χ4n) is 9.64. The Labute approximate surface area is 443 Å². The van der Waals surface area contributed by atoms with Gasteiger partial charge in [-0.25, -0.2) is 0 Å². The zero-order chi connectivity index (χ0) is 51.4. The summed E-state index contributed by atoms with van der Waals surface area (Å²) < 4.78 is 16.8. The monoisotopic (exact) mass is 999 g/mol. The molecule has 0 radical (unpaired) electrons. The molecule has 1 atom stereocenters. The summed E-state index contributed by atoms with van der Waals surface area (Å²) in [5.74, 6) is -0.879. The highest BCUT2D eigenvalue weighted by Gasteiger charge is 2.19. The van der Waals surface area contributed by atoms with E-state index < -0.39 is 6.10 Å². The third kappa shape index (κ3) is 58.7. The van der Waals surface area contributed by atoms with Gasteiger partial charge >= 0.3 is 17.9 Å². The van der Waals surface area contributed by atoms with Crippen molar-refractivity contribution in [2.75, 3.05) is 13.2 Å². The standard InChI is InChI=1S/C65H122O6/c1-4-7-10-13-16-18-20-22-24-25-26-27-28-29-30-31-32-33-34-35-36-37-38-39-40-41-42-44-45-47-49-52-55-58-64(67)70-61-62(60-69-63(66)57-54-51-15-12-9-6-3)71-65(68)59-56-53-50-48-46-43-23-21-19-17-14-11-8-5-2/h14,17,21,23,62H,4-13,15-16,18-20,22,24-61H2,1-3H3/b17-14-,23-21-. The predicted molar refractivity (Wildman–Crippen MR) is 307 cm³/mol. The molecule has 0 aliphatic carbocycles. The highest BCUT2D eigenvalue weighted by atomic mass is 16.6. The van der Waals surface area contributed by atoms with E-state index in [0.717, 1.165) is 83.5 Å². The molecule has 0 aromatic carbocycles. The Hall–Kier alpha value is -2.11. The molecule has 418 valence electrons. The highest BCUT2D eigenvalue weighted by Crippen LogP contribution is 2.18. The molecule has 71 heavy (non-hydrogen) atoms. The van der Waals surface area contributed by atoms with Crippen LogP contribution in [0.15, 0.2) is 24.3 Å². The van der Waals surface area contributed by atoms with Crippen molar-refractivity contribution in [1.29, 1.82) is 0 Å². The molecule has 0 aliphatic rings. The summed E-state index contributed by atoms with van der Waals surface area (Å²) in [5.41, 5.74) is 0. The van der Waals surface area contributed by atoms with Crippen molar-refractivity contribution in [3.63, 3.8) is 0 Å². The fourth-order valence-corrected chi connectivity index (χ4v) is 9.64. The van der Waals surface area contributed by atoms with Crippen molar-refractivity contribution in [1.82, 2.24) is 0 Å². The summed E-state index contributed by atoms with van der Waals surface area (Å²) in [6.07, 6.45) is 72.5. The summed E-state index contributed by atoms with van der Waals surface area (Å²) in [6, 6.07) is 0. The number of ether oxygens (including phenoxy) is 3. The molecule has 1 unspecified atom stereocenters. The Morgan fingerprint density at radius 1 is 0.282 bits per heavy atom. The summed E-state index contributed by atoms with van der Waals surface area (Å²) in [5, 5.41) is 0. The molecule has 0 aromatic rings. The number of carbonyl (C=O) groups is 3. The van der Waals surface area contributed by atoms with E-state index in [4.69, 9.17) is 14.2 Å². The molecule has 0 bridgehead atoms. The zero-order valence-electron chi connectivity index (χ0n) is 48.0. The van der Waals surface area contributed by atoms with Crippen molar-refractivity contribution in [2.45, 2.75) is 361 Å². The second-order valence-electron chi connectivity index (χ2n) is 21.7. The van der Waals surface area contributed by atoms with Crippen LogP contribution >= 0.6 is 0 Å². The van der Waals surface area contributed by atoms with Crippen molar-refractivity contribution in [2.24, 2.45) is 0 Å². The average Bonchev–Trinajstić information content (AvgIpc) is 3.37. The smallest absolute Gasteiger partial charge is 0.306 e. The van der Waals surface area contributed by atoms with E-state index in [0.29, 0.717) is 19.3 Å². The Morgan fingerprint density at radius 3 is 0.817 bits per heavy atom. The Morgan fingerprint density at radius 2 is 0.521 bits per heavy atom. The number of hydrogen-bond donors (Lipinski definition) is 0. The van der Waals surface area contributed by atoms with E-state index in [1.807, 2.05) is 0 Å². The van der Waals surface area contributed by atoms with Crippen molar-refractivity contribution >= 4 is 17.9 Å². The van der Waals surface area contributed by atoms with Crippen LogP contribution < -0.4 is 0 Å². The van der Waals surface area contributed by atoms with Gasteiger partial charge in [-0.05, 0) is 44.9 Å². The maximum Gasteiger partial charge on any atom is 0.306 e. The third-order valence-corrected chi connectivity index (χ3v) is 14.5. The summed E-state index contributed by atoms with van der Waals surface area (Å²) in [7, 11) is 0. The minimum Gasteiger partial charge on any atom is -0.462 e. The van der Waals surface area contributed by atoms with Gasteiger partial charge in [0, 0.05) is 19.3 Å². The van der Waals surface area contributed by atoms with Gasteiger partial charge in [0.1, 0.15) is 13.2 Å². The molecule has 0 rings (SSSR count). The van der Waals surface area contributed by atoms with Gasteiger partial charge in [0.25, 0.3) is 0 Å². The Bertz CT molecular complexity index is 1150. The minimum atomic E-state index is -0.772. The first kappa shape index (κ1) is 68.9. The van der Waals surface area contributed by atoms with Crippen LogP contribution in [0.2, 0.25) is 0 Å². The number of esters is 3. The van der Waals surface area contributed by atoms with Gasteiger partial charge in [0.2, 0.25) is 0 Å². The normalized spacial score (nSPS) is 12.1. The highest BCUT2D eigenvalue weighted by molar-refractivity contribution is 5.71. The molecule has 6 nitrogen and oxygen atoms in total. The quantitative estimate of drug-likeness (QED) is 0.0261. The lowest BCUT2D eigenvalue weighted by molar-refractivity contribution is -0.167. The molecular weight excluding hydrogens is 877 g/mol. The molecule has 0 fully saturated rings. The van der Waals surface area contributed by atoms with E-state index in [9.17, 15) is 14.4 Å². The van der Waals surface area contributed by atoms with Crippen LogP contribution in [0.25, 0.3) is 0 Å². The third-order valence-electron chi connectivity index (χ3n) is 14.5. The molecular formula is C65H122O6. The molecule has 0 aliphatic heterocycles. The summed E-state index contributed by atoms with van der Waals surface area (Å²) in [6.45, 7) is 6.57. The average molecular weight is 1000 g/mol. The molecule has 6 heteroatoms. The van der Waals surface area contributed by atoms with Crippen LogP contribution in [0.4, 0.5) is 0 Å². The summed E-state index contributed by atoms with van der Waals surface area (Å²) in [4.78, 5) is 37.9. The first-order chi connectivity index (χ1) is 35.0. The Kier molecular flexibility index (Phi) is 58.6. The van der Waals surface area contributed by atoms with Gasteiger partial charge < -0.3 is 14.2 Å². The summed E-state index contributed by atoms with van der Waals surface area (Å²) >= 11 is 0. The van der Waals surface area contributed by atoms with Crippen LogP contribution in [-0.4, -0.2) is 37.2 Å². The number of rotatable bonds is 59. The van der Waals surface area contributed by atoms with Gasteiger partial charge in [0.05, 0.1) is 0 Å². The van der Waals surface area contributed by atoms with Crippen LogP contribution in [0.1, 0.15) is 355 Å². The number of carbonyl (C=O) groups excluding carboxylic acids is 3. The largest absolute Gasteiger partial charge is 0.462 e. The molecule has 0 aromatic heterocycles. The van der Waals surface area contributed by atoms with Crippen molar-refractivity contribution < 1.29 is 28.6 Å². The lowest BCUT2D eigenvalue weighted by Crippen LogP contribution is -2.30. The number of hydrogen-bond acceptors (Lipinski definition) is 6. The number of allylic oxidation sites excluding steroid dienone is 4. The topological polar surface area (TPSA) is 78.9 Å². The van der Waals surface area contributed by atoms with Gasteiger partial charge in [0.15, 0.2) is 6.10 Å². The molecule has 0 amide bonds. The lowest BCUT2D eigenvalue weighted by atomic mass is 10.0. The molecule has 0 saturated heterocycles. The van der Waals surface area contributed by atoms with E-state index in [-0.39, 0.29) is 31.1 Å². The maximum absolute atomic E-state index is 12.8. The van der Waals surface area contributed by atoms with E-state index >= 15 is 0 Å². The second-order valence-corrected chi connectivity index (χ2v) is 21.7. The van der Waals surface area contributed by atoms with Crippen LogP contribution in [0, 0.1) is 0 Å². The van der Waals surface area contributed by atoms with Crippen LogP contribution in [-0.2, 0) is 28.6 Å². The Balaban J connectivity index is 3.88. The van der Waals surface area contributed by atoms with E-state index in [1.54, 1.807) is 0 Å². The lowest BCUT2D eigenvalue weighted by Gasteiger charge is -2.18. The molecule has 0 heterocycles. The minimum absolute atomic E-state index is 0.0728. The first-order valence-corrected chi connectivity index (χ1v) is 31.8. The fraction of sp³-hybridized carbons (Fsp3) is 0.892. The SMILES string of the molecule is CCCC/C=C\C/C=C\CCCCCCCC(=O)OC(COC(=O)CCCCCCCC)COC(=O)CCCCCCCCCCCCCCCCCCCCCCCCCCCCCCCCCCC. The van der Waals surface area contributed by atoms with Crippen LogP contribution in [0.5, 0.6) is 0 Å². The van der Waals surface area contributed by atoms with Gasteiger partial charge in [-0.1, -0.05) is 315 Å². The zero-order valence-corrected chi connectivity index (χ0v) is 48.0. The van der Waals surface area contributed by atoms with Gasteiger partial charge in [-0.3, -0.25) is 14.4 Å². The van der Waals surface area contributed by atoms with E-state index in [2.05, 4.69) is 45.1 Å². The second kappa shape index (κ2) is 60.4. The molecule has 0 saturated carbocycles.